The summed E-state index contributed by atoms with van der Waals surface area (Å²) in [6.45, 7) is 0. The number of benzene rings is 1. The van der Waals surface area contributed by atoms with Crippen LogP contribution in [0, 0.1) is 0 Å². The van der Waals surface area contributed by atoms with E-state index in [1.807, 2.05) is 6.07 Å². The third-order valence-corrected chi connectivity index (χ3v) is 5.25. The number of aromatic nitrogens is 3. The molecule has 0 fully saturated rings. The van der Waals surface area contributed by atoms with Crippen LogP contribution in [-0.2, 0) is 0 Å². The molecule has 1 aromatic carbocycles. The molecular weight excluding hydrogens is 316 g/mol. The Labute approximate surface area is 135 Å². The molecule has 5 nitrogen and oxygen atoms in total. The van der Waals surface area contributed by atoms with Gasteiger partial charge in [-0.2, -0.15) is 4.98 Å². The highest BCUT2D eigenvalue weighted by atomic mass is 32.2. The molecule has 0 radical (unpaired) electrons. The highest BCUT2D eigenvalue weighted by Gasteiger charge is 2.13. The number of para-hydroxylation sites is 1. The predicted molar refractivity (Wildman–Crippen MR) is 90.2 cm³/mol. The molecule has 0 saturated carbocycles. The largest absolute Gasteiger partial charge is 0.349 e. The average molecular weight is 328 g/mol. The second-order valence-electron chi connectivity index (χ2n) is 4.69. The minimum absolute atomic E-state index is 0.496. The molecule has 0 amide bonds. The standard InChI is InChI=1S/C15H12N4OS2/c1-19(22-13-6-3-7-21-13)12-5-2-4-10-8-11(18-14(10)12)15-16-9-17-20-15/h2-9,18H,1H3. The second kappa shape index (κ2) is 5.51. The minimum Gasteiger partial charge on any atom is -0.349 e. The fraction of sp³-hybridized carbons (Fsp3) is 0.0667. The van der Waals surface area contributed by atoms with Crippen LogP contribution in [0.2, 0.25) is 0 Å². The van der Waals surface area contributed by atoms with Crippen molar-refractivity contribution in [2.45, 2.75) is 4.21 Å². The maximum Gasteiger partial charge on any atom is 0.274 e. The lowest BCUT2D eigenvalue weighted by molar-refractivity contribution is 0.429. The molecule has 1 N–H and O–H groups in total. The van der Waals surface area contributed by atoms with Gasteiger partial charge in [-0.25, -0.2) is 0 Å². The normalized spacial score (nSPS) is 11.1. The van der Waals surface area contributed by atoms with Crippen molar-refractivity contribution in [1.82, 2.24) is 15.1 Å². The van der Waals surface area contributed by atoms with Crippen LogP contribution in [-0.4, -0.2) is 22.2 Å². The zero-order chi connectivity index (χ0) is 14.9. The van der Waals surface area contributed by atoms with Gasteiger partial charge in [-0.05, 0) is 35.5 Å². The van der Waals surface area contributed by atoms with Gasteiger partial charge in [-0.15, -0.1) is 11.3 Å². The summed E-state index contributed by atoms with van der Waals surface area (Å²) in [4.78, 5) is 7.47. The predicted octanol–water partition coefficient (Wildman–Crippen LogP) is 4.42. The van der Waals surface area contributed by atoms with Crippen molar-refractivity contribution >= 4 is 39.9 Å². The van der Waals surface area contributed by atoms with Crippen molar-refractivity contribution in [1.29, 1.82) is 0 Å². The first kappa shape index (κ1) is 13.4. The second-order valence-corrected chi connectivity index (χ2v) is 7.07. The number of aromatic amines is 1. The monoisotopic (exact) mass is 328 g/mol. The van der Waals surface area contributed by atoms with Gasteiger partial charge in [0.1, 0.15) is 5.69 Å². The fourth-order valence-electron chi connectivity index (χ4n) is 2.31. The van der Waals surface area contributed by atoms with E-state index in [1.54, 1.807) is 23.3 Å². The van der Waals surface area contributed by atoms with Crippen molar-refractivity contribution in [3.8, 4) is 11.6 Å². The molecule has 0 spiro atoms. The van der Waals surface area contributed by atoms with Gasteiger partial charge in [-0.1, -0.05) is 23.4 Å². The molecule has 0 aliphatic rings. The van der Waals surface area contributed by atoms with E-state index >= 15 is 0 Å². The summed E-state index contributed by atoms with van der Waals surface area (Å²) in [7, 11) is 2.06. The Morgan fingerprint density at radius 2 is 2.23 bits per heavy atom. The molecular formula is C15H12N4OS2. The summed E-state index contributed by atoms with van der Waals surface area (Å²) >= 11 is 3.44. The molecule has 4 rings (SSSR count). The van der Waals surface area contributed by atoms with Gasteiger partial charge in [-0.3, -0.25) is 0 Å². The van der Waals surface area contributed by atoms with Crippen molar-refractivity contribution in [2.75, 3.05) is 11.4 Å². The molecule has 110 valence electrons. The summed E-state index contributed by atoms with van der Waals surface area (Å²) in [5.41, 5.74) is 3.00. The maximum absolute atomic E-state index is 5.13. The molecule has 0 aliphatic carbocycles. The van der Waals surface area contributed by atoms with Crippen LogP contribution >= 0.6 is 23.3 Å². The van der Waals surface area contributed by atoms with E-state index in [2.05, 4.69) is 62.2 Å². The molecule has 3 heterocycles. The minimum atomic E-state index is 0.496. The number of hydrogen-bond donors (Lipinski definition) is 1. The summed E-state index contributed by atoms with van der Waals surface area (Å²) in [6.07, 6.45) is 1.40. The van der Waals surface area contributed by atoms with E-state index in [-0.39, 0.29) is 0 Å². The molecule has 0 atom stereocenters. The molecule has 7 heteroatoms. The number of rotatable bonds is 4. The van der Waals surface area contributed by atoms with E-state index in [0.717, 1.165) is 22.3 Å². The number of nitrogens with one attached hydrogen (secondary N) is 1. The number of anilines is 1. The Morgan fingerprint density at radius 3 is 3.00 bits per heavy atom. The highest BCUT2D eigenvalue weighted by molar-refractivity contribution is 8.02. The van der Waals surface area contributed by atoms with E-state index in [4.69, 9.17) is 4.52 Å². The summed E-state index contributed by atoms with van der Waals surface area (Å²) in [5, 5.41) is 6.85. The van der Waals surface area contributed by atoms with Gasteiger partial charge in [0.25, 0.3) is 5.89 Å². The third-order valence-electron chi connectivity index (χ3n) is 3.29. The van der Waals surface area contributed by atoms with Crippen LogP contribution in [0.25, 0.3) is 22.5 Å². The van der Waals surface area contributed by atoms with Gasteiger partial charge in [0, 0.05) is 12.4 Å². The van der Waals surface area contributed by atoms with Crippen LogP contribution in [0.3, 0.4) is 0 Å². The SMILES string of the molecule is CN(Sc1cccs1)c1cccc2cc(-c3ncno3)[nH]c12. The fourth-order valence-corrected chi connectivity index (χ4v) is 4.09. The van der Waals surface area contributed by atoms with Gasteiger partial charge in [0.15, 0.2) is 6.33 Å². The van der Waals surface area contributed by atoms with Crippen LogP contribution in [0.15, 0.2) is 56.8 Å². The van der Waals surface area contributed by atoms with Crippen molar-refractivity contribution in [2.24, 2.45) is 0 Å². The first-order chi connectivity index (χ1) is 10.8. The number of thiophene rings is 1. The van der Waals surface area contributed by atoms with Crippen LogP contribution in [0.5, 0.6) is 0 Å². The average Bonchev–Trinajstić information content (AvgIpc) is 3.26. The lowest BCUT2D eigenvalue weighted by Crippen LogP contribution is -2.05. The van der Waals surface area contributed by atoms with Crippen LogP contribution in [0.1, 0.15) is 0 Å². The lowest BCUT2D eigenvalue weighted by atomic mass is 10.2. The van der Waals surface area contributed by atoms with Crippen molar-refractivity contribution in [3.63, 3.8) is 0 Å². The first-order valence-corrected chi connectivity index (χ1v) is 8.30. The van der Waals surface area contributed by atoms with Gasteiger partial charge in [0.2, 0.25) is 0 Å². The number of hydrogen-bond acceptors (Lipinski definition) is 6. The Balaban J connectivity index is 1.74. The number of nitrogens with zero attached hydrogens (tertiary/aromatic N) is 3. The summed E-state index contributed by atoms with van der Waals surface area (Å²) < 4.78 is 8.53. The molecule has 4 aromatic rings. The van der Waals surface area contributed by atoms with E-state index in [9.17, 15) is 0 Å². The topological polar surface area (TPSA) is 58.0 Å². The smallest absolute Gasteiger partial charge is 0.274 e. The lowest BCUT2D eigenvalue weighted by Gasteiger charge is -2.17. The molecule has 22 heavy (non-hydrogen) atoms. The zero-order valence-electron chi connectivity index (χ0n) is 11.7. The molecule has 3 aromatic heterocycles. The van der Waals surface area contributed by atoms with Crippen molar-refractivity contribution in [3.05, 3.63) is 48.1 Å². The maximum atomic E-state index is 5.13. The Bertz CT molecular complexity index is 884. The third kappa shape index (κ3) is 2.38. The summed E-state index contributed by atoms with van der Waals surface area (Å²) in [5.74, 6) is 0.496. The Kier molecular flexibility index (Phi) is 3.36. The number of fused-ring (bicyclic) bond motifs is 1. The van der Waals surface area contributed by atoms with E-state index in [0.29, 0.717) is 5.89 Å². The van der Waals surface area contributed by atoms with E-state index in [1.165, 1.54) is 10.5 Å². The highest BCUT2D eigenvalue weighted by Crippen LogP contribution is 2.35. The van der Waals surface area contributed by atoms with Crippen LogP contribution in [0.4, 0.5) is 5.69 Å². The van der Waals surface area contributed by atoms with Crippen molar-refractivity contribution < 1.29 is 4.52 Å². The van der Waals surface area contributed by atoms with Gasteiger partial charge < -0.3 is 13.8 Å². The Hall–Kier alpha value is -2.25. The van der Waals surface area contributed by atoms with Crippen LogP contribution < -0.4 is 4.31 Å². The summed E-state index contributed by atoms with van der Waals surface area (Å²) in [6, 6.07) is 12.4. The molecule has 0 unspecified atom stereocenters. The van der Waals surface area contributed by atoms with E-state index < -0.39 is 0 Å². The number of H-pyrrole nitrogens is 1. The molecule has 0 aliphatic heterocycles. The first-order valence-electron chi connectivity index (χ1n) is 6.65. The molecule has 0 bridgehead atoms. The quantitative estimate of drug-likeness (QED) is 0.562. The zero-order valence-corrected chi connectivity index (χ0v) is 13.3. The van der Waals surface area contributed by atoms with Gasteiger partial charge in [0.05, 0.1) is 15.4 Å². The molecule has 0 saturated heterocycles. The Morgan fingerprint density at radius 1 is 1.27 bits per heavy atom. The van der Waals surface area contributed by atoms with Gasteiger partial charge >= 0.3 is 0 Å².